The highest BCUT2D eigenvalue weighted by Gasteiger charge is 2.30. The number of nitrogens with zero attached hydrogens (tertiary/aromatic N) is 3. The van der Waals surface area contributed by atoms with Gasteiger partial charge in [0.1, 0.15) is 0 Å². The van der Waals surface area contributed by atoms with E-state index in [1.807, 2.05) is 0 Å². The molecule has 0 aliphatic heterocycles. The van der Waals surface area contributed by atoms with Crippen LogP contribution in [-0.2, 0) is 4.79 Å². The predicted octanol–water partition coefficient (Wildman–Crippen LogP) is 0.637. The average molecular weight is 241 g/mol. The molecule has 1 aliphatic rings. The summed E-state index contributed by atoms with van der Waals surface area (Å²) in [6.45, 7) is 0.576. The Kier molecular flexibility index (Phi) is 3.79. The average Bonchev–Trinajstić information content (AvgIpc) is 2.81. The predicted molar refractivity (Wildman–Crippen MR) is 60.8 cm³/mol. The fourth-order valence-corrected chi connectivity index (χ4v) is 2.58. The Morgan fingerprint density at radius 1 is 1.50 bits per heavy atom. The number of hydrogen-bond acceptors (Lipinski definition) is 6. The second kappa shape index (κ2) is 5.31. The molecular weight excluding hydrogens is 226 g/mol. The maximum Gasteiger partial charge on any atom is 0.231 e. The molecule has 0 saturated heterocycles. The zero-order chi connectivity index (χ0) is 11.4. The Morgan fingerprint density at radius 3 is 3.00 bits per heavy atom. The first-order valence-corrected chi connectivity index (χ1v) is 6.24. The van der Waals surface area contributed by atoms with E-state index in [4.69, 9.17) is 5.73 Å². The highest BCUT2D eigenvalue weighted by atomic mass is 32.1. The number of anilines is 1. The summed E-state index contributed by atoms with van der Waals surface area (Å²) >= 11 is 1.09. The number of carbonyl (C=O) groups excluding carboxylic acids is 1. The lowest BCUT2D eigenvalue weighted by Crippen LogP contribution is -2.35. The van der Waals surface area contributed by atoms with Gasteiger partial charge in [0.2, 0.25) is 11.0 Å². The third-order valence-corrected chi connectivity index (χ3v) is 3.59. The van der Waals surface area contributed by atoms with Crippen molar-refractivity contribution in [1.29, 1.82) is 0 Å². The van der Waals surface area contributed by atoms with E-state index in [0.29, 0.717) is 17.6 Å². The molecule has 1 aromatic rings. The summed E-state index contributed by atoms with van der Waals surface area (Å²) in [6, 6.07) is 0. The molecule has 0 spiro atoms. The van der Waals surface area contributed by atoms with Crippen LogP contribution in [0.1, 0.15) is 25.7 Å². The van der Waals surface area contributed by atoms with Crippen molar-refractivity contribution >= 4 is 22.6 Å². The van der Waals surface area contributed by atoms with Crippen molar-refractivity contribution in [1.82, 2.24) is 14.8 Å². The molecule has 6 nitrogen and oxygen atoms in total. The first-order valence-electron chi connectivity index (χ1n) is 5.47. The molecule has 1 aromatic heterocycles. The van der Waals surface area contributed by atoms with E-state index in [0.717, 1.165) is 30.8 Å². The molecule has 88 valence electrons. The van der Waals surface area contributed by atoms with Crippen molar-refractivity contribution in [2.75, 3.05) is 11.9 Å². The monoisotopic (exact) mass is 241 g/mol. The highest BCUT2D eigenvalue weighted by molar-refractivity contribution is 7.09. The van der Waals surface area contributed by atoms with Crippen LogP contribution in [0.2, 0.25) is 0 Å². The van der Waals surface area contributed by atoms with Crippen LogP contribution in [0.25, 0.3) is 0 Å². The van der Waals surface area contributed by atoms with Crippen molar-refractivity contribution in [3.05, 3.63) is 0 Å². The van der Waals surface area contributed by atoms with E-state index < -0.39 is 0 Å². The van der Waals surface area contributed by atoms with Crippen LogP contribution in [0.4, 0.5) is 5.13 Å². The van der Waals surface area contributed by atoms with Crippen molar-refractivity contribution < 1.29 is 4.79 Å². The molecule has 2 atom stereocenters. The molecule has 1 amide bonds. The second-order valence-electron chi connectivity index (χ2n) is 4.04. The standard InChI is InChI=1S/C9H15N5OS/c10-5-6-3-1-2-4-7(6)8(15)11-9-12-13-14-16-9/h6-7H,1-5,10H2,(H,11,12,14,15). The van der Waals surface area contributed by atoms with E-state index in [1.165, 1.54) is 6.42 Å². The molecule has 2 unspecified atom stereocenters. The summed E-state index contributed by atoms with van der Waals surface area (Å²) < 4.78 is 3.60. The van der Waals surface area contributed by atoms with Crippen LogP contribution in [0.5, 0.6) is 0 Å². The minimum absolute atomic E-state index is 0.00806. The smallest absolute Gasteiger partial charge is 0.231 e. The molecule has 1 fully saturated rings. The molecule has 1 heterocycles. The largest absolute Gasteiger partial charge is 0.330 e. The van der Waals surface area contributed by atoms with Gasteiger partial charge in [-0.3, -0.25) is 10.1 Å². The van der Waals surface area contributed by atoms with Gasteiger partial charge in [-0.2, -0.15) is 0 Å². The summed E-state index contributed by atoms with van der Waals surface area (Å²) in [6.07, 6.45) is 4.23. The Labute approximate surface area is 97.8 Å². The normalized spacial score (nSPS) is 25.3. The van der Waals surface area contributed by atoms with Crippen LogP contribution in [0.3, 0.4) is 0 Å². The van der Waals surface area contributed by atoms with Gasteiger partial charge < -0.3 is 5.73 Å². The van der Waals surface area contributed by atoms with Gasteiger partial charge in [-0.1, -0.05) is 22.4 Å². The summed E-state index contributed by atoms with van der Waals surface area (Å²) in [4.78, 5) is 12.0. The lowest BCUT2D eigenvalue weighted by Gasteiger charge is -2.28. The number of nitrogens with one attached hydrogen (secondary N) is 1. The molecule has 0 bridgehead atoms. The van der Waals surface area contributed by atoms with E-state index in [9.17, 15) is 4.79 Å². The summed E-state index contributed by atoms with van der Waals surface area (Å²) in [5.41, 5.74) is 5.69. The topological polar surface area (TPSA) is 93.8 Å². The molecule has 0 radical (unpaired) electrons. The van der Waals surface area contributed by atoms with Gasteiger partial charge in [0, 0.05) is 17.5 Å². The number of hydrogen-bond donors (Lipinski definition) is 2. The Bertz CT molecular complexity index is 342. The van der Waals surface area contributed by atoms with Gasteiger partial charge in [-0.05, 0) is 30.5 Å². The lowest BCUT2D eigenvalue weighted by atomic mass is 9.79. The first kappa shape index (κ1) is 11.4. The Morgan fingerprint density at radius 2 is 2.31 bits per heavy atom. The molecule has 1 saturated carbocycles. The quantitative estimate of drug-likeness (QED) is 0.809. The molecular formula is C9H15N5OS. The molecule has 7 heteroatoms. The SMILES string of the molecule is NCC1CCCCC1C(=O)Nc1nnns1. The van der Waals surface area contributed by atoms with Crippen molar-refractivity contribution in [3.8, 4) is 0 Å². The van der Waals surface area contributed by atoms with Crippen LogP contribution in [0, 0.1) is 11.8 Å². The highest BCUT2D eigenvalue weighted by Crippen LogP contribution is 2.30. The van der Waals surface area contributed by atoms with Gasteiger partial charge in [0.15, 0.2) is 0 Å². The zero-order valence-corrected chi connectivity index (χ0v) is 9.74. The van der Waals surface area contributed by atoms with Crippen LogP contribution < -0.4 is 11.1 Å². The van der Waals surface area contributed by atoms with E-state index in [-0.39, 0.29) is 11.8 Å². The summed E-state index contributed by atoms with van der Waals surface area (Å²) in [5, 5.41) is 10.3. The fourth-order valence-electron chi connectivity index (χ4n) is 2.21. The third kappa shape index (κ3) is 2.53. The molecule has 16 heavy (non-hydrogen) atoms. The van der Waals surface area contributed by atoms with E-state index in [2.05, 4.69) is 20.1 Å². The molecule has 3 N–H and O–H groups in total. The maximum atomic E-state index is 12.0. The fraction of sp³-hybridized carbons (Fsp3) is 0.778. The summed E-state index contributed by atoms with van der Waals surface area (Å²) in [7, 11) is 0. The van der Waals surface area contributed by atoms with E-state index >= 15 is 0 Å². The van der Waals surface area contributed by atoms with Gasteiger partial charge in [0.05, 0.1) is 0 Å². The second-order valence-corrected chi connectivity index (χ2v) is 4.78. The lowest BCUT2D eigenvalue weighted by molar-refractivity contribution is -0.122. The number of nitrogens with two attached hydrogens (primary N) is 1. The number of aromatic nitrogens is 3. The van der Waals surface area contributed by atoms with Crippen LogP contribution >= 0.6 is 11.5 Å². The Balaban J connectivity index is 1.97. The number of carbonyl (C=O) groups is 1. The summed E-state index contributed by atoms with van der Waals surface area (Å²) in [5.74, 6) is 0.325. The molecule has 0 aromatic carbocycles. The number of amides is 1. The van der Waals surface area contributed by atoms with Gasteiger partial charge in [-0.25, -0.2) is 0 Å². The molecule has 1 aliphatic carbocycles. The molecule has 2 rings (SSSR count). The van der Waals surface area contributed by atoms with Gasteiger partial charge in [-0.15, -0.1) is 0 Å². The van der Waals surface area contributed by atoms with E-state index in [1.54, 1.807) is 0 Å². The third-order valence-electron chi connectivity index (χ3n) is 3.08. The van der Waals surface area contributed by atoms with Gasteiger partial charge in [0.25, 0.3) is 0 Å². The first-order chi connectivity index (χ1) is 7.81. The van der Waals surface area contributed by atoms with Crippen LogP contribution in [-0.4, -0.2) is 27.3 Å². The van der Waals surface area contributed by atoms with Gasteiger partial charge >= 0.3 is 0 Å². The minimum atomic E-state index is 0.00806. The van der Waals surface area contributed by atoms with Crippen molar-refractivity contribution in [2.24, 2.45) is 17.6 Å². The maximum absolute atomic E-state index is 12.0. The Hall–Kier alpha value is -1.08. The minimum Gasteiger partial charge on any atom is -0.330 e. The van der Waals surface area contributed by atoms with Crippen molar-refractivity contribution in [2.45, 2.75) is 25.7 Å². The zero-order valence-electron chi connectivity index (χ0n) is 8.93. The van der Waals surface area contributed by atoms with Crippen LogP contribution in [0.15, 0.2) is 0 Å². The van der Waals surface area contributed by atoms with Crippen molar-refractivity contribution in [3.63, 3.8) is 0 Å². The number of rotatable bonds is 3.